The van der Waals surface area contributed by atoms with E-state index in [4.69, 9.17) is 4.74 Å². The van der Waals surface area contributed by atoms with E-state index in [2.05, 4.69) is 15.6 Å². The van der Waals surface area contributed by atoms with Crippen molar-refractivity contribution in [1.29, 1.82) is 0 Å². The second-order valence-corrected chi connectivity index (χ2v) is 5.70. The summed E-state index contributed by atoms with van der Waals surface area (Å²) in [6.45, 7) is 4.36. The molecule has 0 aliphatic carbocycles. The van der Waals surface area contributed by atoms with Gasteiger partial charge in [0.1, 0.15) is 5.69 Å². The predicted molar refractivity (Wildman–Crippen MR) is 98.6 cm³/mol. The molecule has 2 N–H and O–H groups in total. The SMILES string of the molecule is CCCNC(=O)c1cccn2c(=O)c(NC(=O)CCC(=O)OCC)cnc12. The number of amides is 2. The minimum atomic E-state index is -0.519. The maximum atomic E-state index is 12.6. The van der Waals surface area contributed by atoms with Gasteiger partial charge in [0.2, 0.25) is 5.91 Å². The lowest BCUT2D eigenvalue weighted by molar-refractivity contribution is -0.144. The summed E-state index contributed by atoms with van der Waals surface area (Å²) < 4.78 is 5.95. The van der Waals surface area contributed by atoms with E-state index in [1.807, 2.05) is 6.92 Å². The highest BCUT2D eigenvalue weighted by Crippen LogP contribution is 2.09. The summed E-state index contributed by atoms with van der Waals surface area (Å²) in [5.74, 6) is -1.31. The molecule has 0 saturated carbocycles. The third kappa shape index (κ3) is 5.13. The lowest BCUT2D eigenvalue weighted by Gasteiger charge is -2.09. The molecular weight excluding hydrogens is 352 g/mol. The van der Waals surface area contributed by atoms with Crippen LogP contribution in [-0.4, -0.2) is 40.3 Å². The molecule has 0 aliphatic heterocycles. The molecule has 0 bridgehead atoms. The van der Waals surface area contributed by atoms with E-state index in [1.54, 1.807) is 19.1 Å². The first-order valence-corrected chi connectivity index (χ1v) is 8.72. The van der Waals surface area contributed by atoms with E-state index >= 15 is 0 Å². The summed E-state index contributed by atoms with van der Waals surface area (Å²) in [5.41, 5.74) is -0.0917. The lowest BCUT2D eigenvalue weighted by atomic mass is 10.2. The number of rotatable bonds is 8. The van der Waals surface area contributed by atoms with Crippen molar-refractivity contribution in [2.45, 2.75) is 33.1 Å². The Morgan fingerprint density at radius 2 is 2.00 bits per heavy atom. The van der Waals surface area contributed by atoms with Gasteiger partial charge in [0.15, 0.2) is 5.65 Å². The second-order valence-electron chi connectivity index (χ2n) is 5.70. The first-order chi connectivity index (χ1) is 13.0. The fraction of sp³-hybridized carbons (Fsp3) is 0.389. The molecular formula is C18H22N4O5. The highest BCUT2D eigenvalue weighted by molar-refractivity contribution is 6.00. The Balaban J connectivity index is 2.20. The Kier molecular flexibility index (Phi) is 7.04. The van der Waals surface area contributed by atoms with Crippen molar-refractivity contribution >= 4 is 29.1 Å². The molecule has 2 aromatic heterocycles. The Labute approximate surface area is 155 Å². The number of nitrogens with zero attached hydrogens (tertiary/aromatic N) is 2. The molecule has 9 heteroatoms. The van der Waals surface area contributed by atoms with Gasteiger partial charge in [-0.2, -0.15) is 0 Å². The van der Waals surface area contributed by atoms with E-state index in [0.29, 0.717) is 6.54 Å². The number of esters is 1. The molecule has 0 saturated heterocycles. The average molecular weight is 374 g/mol. The number of carbonyl (C=O) groups excluding carboxylic acids is 3. The Bertz CT molecular complexity index is 906. The second kappa shape index (κ2) is 9.46. The van der Waals surface area contributed by atoms with Crippen LogP contribution in [0.1, 0.15) is 43.5 Å². The maximum Gasteiger partial charge on any atom is 0.306 e. The molecule has 0 spiro atoms. The summed E-state index contributed by atoms with van der Waals surface area (Å²) in [6.07, 6.45) is 3.27. The summed E-state index contributed by atoms with van der Waals surface area (Å²) in [4.78, 5) is 52.2. The molecule has 0 fully saturated rings. The number of pyridine rings is 1. The maximum absolute atomic E-state index is 12.6. The standard InChI is InChI=1S/C18H22N4O5/c1-3-9-19-17(25)12-6-5-10-22-16(12)20-11-13(18(22)26)21-14(23)7-8-15(24)27-4-2/h5-6,10-11H,3-4,7-9H2,1-2H3,(H,19,25)(H,21,23). The lowest BCUT2D eigenvalue weighted by Crippen LogP contribution is -2.27. The van der Waals surface area contributed by atoms with E-state index in [9.17, 15) is 19.2 Å². The van der Waals surface area contributed by atoms with Gasteiger partial charge in [-0.1, -0.05) is 6.92 Å². The number of nitrogens with one attached hydrogen (secondary N) is 2. The van der Waals surface area contributed by atoms with Crippen molar-refractivity contribution in [3.63, 3.8) is 0 Å². The third-order valence-electron chi connectivity index (χ3n) is 3.65. The van der Waals surface area contributed by atoms with Crippen LogP contribution in [0.4, 0.5) is 5.69 Å². The minimum Gasteiger partial charge on any atom is -0.466 e. The zero-order chi connectivity index (χ0) is 19.8. The number of anilines is 1. The van der Waals surface area contributed by atoms with Crippen LogP contribution in [0, 0.1) is 0 Å². The van der Waals surface area contributed by atoms with Crippen LogP contribution < -0.4 is 16.2 Å². The van der Waals surface area contributed by atoms with Crippen molar-refractivity contribution in [2.24, 2.45) is 0 Å². The summed E-state index contributed by atoms with van der Waals surface area (Å²) in [6, 6.07) is 3.13. The first kappa shape index (κ1) is 20.1. The number of aromatic nitrogens is 2. The molecule has 9 nitrogen and oxygen atoms in total. The normalized spacial score (nSPS) is 10.4. The third-order valence-corrected chi connectivity index (χ3v) is 3.65. The first-order valence-electron chi connectivity index (χ1n) is 8.72. The molecule has 0 aromatic carbocycles. The number of fused-ring (bicyclic) bond motifs is 1. The fourth-order valence-corrected chi connectivity index (χ4v) is 2.36. The topological polar surface area (TPSA) is 119 Å². The fourth-order valence-electron chi connectivity index (χ4n) is 2.36. The molecule has 2 amide bonds. The van der Waals surface area contributed by atoms with Crippen molar-refractivity contribution in [2.75, 3.05) is 18.5 Å². The molecule has 0 atom stereocenters. The van der Waals surface area contributed by atoms with Gasteiger partial charge in [0, 0.05) is 19.2 Å². The van der Waals surface area contributed by atoms with Gasteiger partial charge in [-0.15, -0.1) is 0 Å². The molecule has 2 aromatic rings. The molecule has 0 radical (unpaired) electrons. The summed E-state index contributed by atoms with van der Waals surface area (Å²) in [5, 5.41) is 5.18. The van der Waals surface area contributed by atoms with Crippen molar-refractivity contribution in [3.8, 4) is 0 Å². The van der Waals surface area contributed by atoms with Crippen LogP contribution in [0.2, 0.25) is 0 Å². The minimum absolute atomic E-state index is 0.0347. The van der Waals surface area contributed by atoms with E-state index < -0.39 is 17.4 Å². The largest absolute Gasteiger partial charge is 0.466 e. The van der Waals surface area contributed by atoms with Crippen LogP contribution in [-0.2, 0) is 14.3 Å². The molecule has 2 heterocycles. The van der Waals surface area contributed by atoms with Crippen LogP contribution in [0.3, 0.4) is 0 Å². The summed E-state index contributed by atoms with van der Waals surface area (Å²) in [7, 11) is 0. The molecule has 2 rings (SSSR count). The Hall–Kier alpha value is -3.23. The van der Waals surface area contributed by atoms with Crippen LogP contribution >= 0.6 is 0 Å². The number of ether oxygens (including phenoxy) is 1. The van der Waals surface area contributed by atoms with Crippen LogP contribution in [0.5, 0.6) is 0 Å². The van der Waals surface area contributed by atoms with E-state index in [-0.39, 0.29) is 42.3 Å². The van der Waals surface area contributed by atoms with Crippen LogP contribution in [0.15, 0.2) is 29.3 Å². The van der Waals surface area contributed by atoms with Crippen LogP contribution in [0.25, 0.3) is 5.65 Å². The zero-order valence-corrected chi connectivity index (χ0v) is 15.3. The van der Waals surface area contributed by atoms with E-state index in [1.165, 1.54) is 16.8 Å². The van der Waals surface area contributed by atoms with Gasteiger partial charge in [-0.3, -0.25) is 23.6 Å². The van der Waals surface area contributed by atoms with E-state index in [0.717, 1.165) is 6.42 Å². The Morgan fingerprint density at radius 3 is 2.70 bits per heavy atom. The number of hydrogen-bond acceptors (Lipinski definition) is 6. The van der Waals surface area contributed by atoms with Gasteiger partial charge >= 0.3 is 5.97 Å². The smallest absolute Gasteiger partial charge is 0.306 e. The average Bonchev–Trinajstić information content (AvgIpc) is 2.66. The van der Waals surface area contributed by atoms with Crippen molar-refractivity contribution < 1.29 is 19.1 Å². The van der Waals surface area contributed by atoms with Gasteiger partial charge in [0.05, 0.1) is 24.8 Å². The molecule has 144 valence electrons. The van der Waals surface area contributed by atoms with Gasteiger partial charge in [0.25, 0.3) is 11.5 Å². The molecule has 0 unspecified atom stereocenters. The van der Waals surface area contributed by atoms with Gasteiger partial charge in [-0.25, -0.2) is 4.98 Å². The van der Waals surface area contributed by atoms with Crippen molar-refractivity contribution in [1.82, 2.24) is 14.7 Å². The zero-order valence-electron chi connectivity index (χ0n) is 15.3. The highest BCUT2D eigenvalue weighted by atomic mass is 16.5. The van der Waals surface area contributed by atoms with Crippen molar-refractivity contribution in [3.05, 3.63) is 40.4 Å². The number of hydrogen-bond donors (Lipinski definition) is 2. The summed E-state index contributed by atoms with van der Waals surface area (Å²) >= 11 is 0. The van der Waals surface area contributed by atoms with Gasteiger partial charge < -0.3 is 15.4 Å². The number of carbonyl (C=O) groups is 3. The Morgan fingerprint density at radius 1 is 1.22 bits per heavy atom. The highest BCUT2D eigenvalue weighted by Gasteiger charge is 2.15. The van der Waals surface area contributed by atoms with Gasteiger partial charge in [-0.05, 0) is 25.5 Å². The molecule has 27 heavy (non-hydrogen) atoms. The molecule has 0 aliphatic rings. The predicted octanol–water partition coefficient (Wildman–Crippen LogP) is 1.12. The monoisotopic (exact) mass is 374 g/mol. The quantitative estimate of drug-likeness (QED) is 0.668.